The van der Waals surface area contributed by atoms with Crippen LogP contribution >= 0.6 is 11.8 Å². The zero-order valence-corrected chi connectivity index (χ0v) is 12.4. The molecule has 22 heavy (non-hydrogen) atoms. The highest BCUT2D eigenvalue weighted by molar-refractivity contribution is 7.98. The van der Waals surface area contributed by atoms with E-state index in [2.05, 4.69) is 9.97 Å². The molecule has 0 saturated heterocycles. The minimum absolute atomic E-state index is 0.124. The Bertz CT molecular complexity index is 733. The van der Waals surface area contributed by atoms with Gasteiger partial charge in [0.15, 0.2) is 5.16 Å². The van der Waals surface area contributed by atoms with E-state index < -0.39 is 17.7 Å². The number of carboxylic acids is 1. The van der Waals surface area contributed by atoms with E-state index in [1.165, 1.54) is 25.1 Å². The van der Waals surface area contributed by atoms with E-state index in [-0.39, 0.29) is 27.7 Å². The molecular weight excluding hydrogens is 317 g/mol. The molecule has 0 unspecified atom stereocenters. The molecule has 0 saturated carbocycles. The average molecular weight is 328 g/mol. The van der Waals surface area contributed by atoms with Gasteiger partial charge in [0.1, 0.15) is 5.56 Å². The van der Waals surface area contributed by atoms with E-state index in [4.69, 9.17) is 0 Å². The van der Waals surface area contributed by atoms with Crippen molar-refractivity contribution in [2.24, 2.45) is 0 Å². The lowest BCUT2D eigenvalue weighted by molar-refractivity contribution is -0.137. The van der Waals surface area contributed by atoms with Crippen LogP contribution in [-0.4, -0.2) is 27.3 Å². The molecule has 0 aliphatic carbocycles. The number of halogens is 3. The number of rotatable bonds is 3. The Morgan fingerprint density at radius 2 is 1.86 bits per heavy atom. The van der Waals surface area contributed by atoms with Gasteiger partial charge in [-0.1, -0.05) is 30.0 Å². The fourth-order valence-electron chi connectivity index (χ4n) is 2.03. The molecule has 0 radical (unpaired) electrons. The summed E-state index contributed by atoms with van der Waals surface area (Å²) in [6.45, 7) is 1.44. The molecule has 0 aliphatic rings. The normalized spacial score (nSPS) is 11.5. The molecule has 1 N–H and O–H groups in total. The van der Waals surface area contributed by atoms with Gasteiger partial charge in [-0.2, -0.15) is 13.2 Å². The molecular formula is C14H11F3N2O2S. The summed E-state index contributed by atoms with van der Waals surface area (Å²) in [5.74, 6) is -1.36. The summed E-state index contributed by atoms with van der Waals surface area (Å²) < 4.78 is 39.5. The van der Waals surface area contributed by atoms with Gasteiger partial charge in [0.05, 0.1) is 17.0 Å². The Balaban J connectivity index is 2.83. The topological polar surface area (TPSA) is 63.1 Å². The van der Waals surface area contributed by atoms with E-state index in [9.17, 15) is 23.1 Å². The minimum Gasteiger partial charge on any atom is -0.478 e. The van der Waals surface area contributed by atoms with Crippen molar-refractivity contribution in [1.82, 2.24) is 9.97 Å². The zero-order chi connectivity index (χ0) is 16.5. The van der Waals surface area contributed by atoms with Crippen LogP contribution in [0.25, 0.3) is 11.3 Å². The minimum atomic E-state index is -4.61. The van der Waals surface area contributed by atoms with Crippen molar-refractivity contribution in [3.8, 4) is 11.3 Å². The van der Waals surface area contributed by atoms with E-state index in [0.717, 1.165) is 17.8 Å². The first-order valence-electron chi connectivity index (χ1n) is 6.08. The molecule has 8 heteroatoms. The number of aromatic nitrogens is 2. The summed E-state index contributed by atoms with van der Waals surface area (Å²) in [6, 6.07) is 4.76. The van der Waals surface area contributed by atoms with Gasteiger partial charge >= 0.3 is 12.1 Å². The summed E-state index contributed by atoms with van der Waals surface area (Å²) in [4.78, 5) is 19.4. The number of aromatic carboxylic acids is 1. The number of alkyl halides is 3. The third-order valence-corrected chi connectivity index (χ3v) is 3.50. The molecule has 1 aromatic heterocycles. The molecule has 1 heterocycles. The second-order valence-corrected chi connectivity index (χ2v) is 5.14. The van der Waals surface area contributed by atoms with Crippen LogP contribution in [0, 0.1) is 6.92 Å². The standard InChI is InChI=1S/C14H11F3N2O2S/c1-7-10(12(20)21)11(19-13(18-7)22-2)8-5-3-4-6-9(8)14(15,16)17/h3-6H,1-2H3,(H,20,21). The fraction of sp³-hybridized carbons (Fsp3) is 0.214. The van der Waals surface area contributed by atoms with Gasteiger partial charge in [-0.25, -0.2) is 14.8 Å². The first kappa shape index (κ1) is 16.3. The third-order valence-electron chi connectivity index (χ3n) is 2.95. The summed E-state index contributed by atoms with van der Waals surface area (Å²) in [5.41, 5.74) is -1.62. The smallest absolute Gasteiger partial charge is 0.417 e. The van der Waals surface area contributed by atoms with Crippen molar-refractivity contribution in [3.05, 3.63) is 41.1 Å². The summed E-state index contributed by atoms with van der Waals surface area (Å²) in [5, 5.41) is 9.51. The van der Waals surface area contributed by atoms with Crippen molar-refractivity contribution in [3.63, 3.8) is 0 Å². The molecule has 0 aliphatic heterocycles. The number of hydrogen-bond donors (Lipinski definition) is 1. The molecule has 2 rings (SSSR count). The Morgan fingerprint density at radius 1 is 1.23 bits per heavy atom. The van der Waals surface area contributed by atoms with Crippen LogP contribution in [0.2, 0.25) is 0 Å². The second kappa shape index (κ2) is 5.96. The van der Waals surface area contributed by atoms with Gasteiger partial charge in [0.25, 0.3) is 0 Å². The molecule has 0 bridgehead atoms. The van der Waals surface area contributed by atoms with Crippen molar-refractivity contribution >= 4 is 17.7 Å². The Hall–Kier alpha value is -2.09. The van der Waals surface area contributed by atoms with E-state index in [0.29, 0.717) is 0 Å². The van der Waals surface area contributed by atoms with Crippen molar-refractivity contribution in [2.45, 2.75) is 18.3 Å². The lowest BCUT2D eigenvalue weighted by Crippen LogP contribution is -2.12. The van der Waals surface area contributed by atoms with E-state index in [1.54, 1.807) is 6.26 Å². The SMILES string of the molecule is CSc1nc(C)c(C(=O)O)c(-c2ccccc2C(F)(F)F)n1. The Morgan fingerprint density at radius 3 is 2.41 bits per heavy atom. The van der Waals surface area contributed by atoms with Gasteiger partial charge < -0.3 is 5.11 Å². The lowest BCUT2D eigenvalue weighted by Gasteiger charge is -2.15. The van der Waals surface area contributed by atoms with Crippen LogP contribution < -0.4 is 0 Å². The fourth-order valence-corrected chi connectivity index (χ4v) is 2.44. The number of aryl methyl sites for hydroxylation is 1. The van der Waals surface area contributed by atoms with E-state index in [1.807, 2.05) is 0 Å². The maximum absolute atomic E-state index is 13.2. The van der Waals surface area contributed by atoms with Gasteiger partial charge in [0, 0.05) is 5.56 Å². The van der Waals surface area contributed by atoms with Crippen LogP contribution in [0.5, 0.6) is 0 Å². The number of carboxylic acid groups (broad SMARTS) is 1. The van der Waals surface area contributed by atoms with Crippen molar-refractivity contribution in [2.75, 3.05) is 6.26 Å². The molecule has 1 aromatic carbocycles. The number of thioether (sulfide) groups is 1. The molecule has 4 nitrogen and oxygen atoms in total. The van der Waals surface area contributed by atoms with E-state index >= 15 is 0 Å². The number of carbonyl (C=O) groups is 1. The summed E-state index contributed by atoms with van der Waals surface area (Å²) in [7, 11) is 0. The molecule has 0 atom stereocenters. The second-order valence-electron chi connectivity index (χ2n) is 4.37. The van der Waals surface area contributed by atoms with Crippen LogP contribution in [0.15, 0.2) is 29.4 Å². The number of nitrogens with zero attached hydrogens (tertiary/aromatic N) is 2. The third kappa shape index (κ3) is 3.06. The molecule has 2 aromatic rings. The lowest BCUT2D eigenvalue weighted by atomic mass is 9.99. The predicted molar refractivity (Wildman–Crippen MR) is 75.9 cm³/mol. The Kier molecular flexibility index (Phi) is 4.41. The summed E-state index contributed by atoms with van der Waals surface area (Å²) >= 11 is 1.13. The monoisotopic (exact) mass is 328 g/mol. The maximum atomic E-state index is 13.2. The van der Waals surface area contributed by atoms with Gasteiger partial charge in [0.2, 0.25) is 0 Å². The maximum Gasteiger partial charge on any atom is 0.417 e. The highest BCUT2D eigenvalue weighted by Gasteiger charge is 2.35. The van der Waals surface area contributed by atoms with Gasteiger partial charge in [-0.15, -0.1) is 0 Å². The average Bonchev–Trinajstić information content (AvgIpc) is 2.45. The Labute approximate surface area is 128 Å². The van der Waals surface area contributed by atoms with Crippen LogP contribution in [0.3, 0.4) is 0 Å². The molecule has 0 amide bonds. The largest absolute Gasteiger partial charge is 0.478 e. The molecule has 0 fully saturated rings. The molecule has 0 spiro atoms. The first-order chi connectivity index (χ1) is 10.3. The zero-order valence-electron chi connectivity index (χ0n) is 11.6. The van der Waals surface area contributed by atoms with Crippen LogP contribution in [0.1, 0.15) is 21.6 Å². The van der Waals surface area contributed by atoms with Crippen molar-refractivity contribution in [1.29, 1.82) is 0 Å². The number of hydrogen-bond acceptors (Lipinski definition) is 4. The molecule has 116 valence electrons. The van der Waals surface area contributed by atoms with Gasteiger partial charge in [-0.05, 0) is 19.2 Å². The number of benzene rings is 1. The van der Waals surface area contributed by atoms with Crippen LogP contribution in [0.4, 0.5) is 13.2 Å². The van der Waals surface area contributed by atoms with Crippen LogP contribution in [-0.2, 0) is 6.18 Å². The first-order valence-corrected chi connectivity index (χ1v) is 7.30. The van der Waals surface area contributed by atoms with Gasteiger partial charge in [-0.3, -0.25) is 0 Å². The summed E-state index contributed by atoms with van der Waals surface area (Å²) in [6.07, 6.45) is -2.95. The highest BCUT2D eigenvalue weighted by atomic mass is 32.2. The van der Waals surface area contributed by atoms with Crippen molar-refractivity contribution < 1.29 is 23.1 Å². The highest BCUT2D eigenvalue weighted by Crippen LogP contribution is 2.38. The quantitative estimate of drug-likeness (QED) is 0.684. The predicted octanol–water partition coefficient (Wildman–Crippen LogP) is 3.89.